The number of aromatic amines is 1. The Balaban J connectivity index is 1.68. The van der Waals surface area contributed by atoms with Crippen LogP contribution in [0.5, 0.6) is 0 Å². The van der Waals surface area contributed by atoms with E-state index >= 15 is 0 Å². The van der Waals surface area contributed by atoms with E-state index in [1.165, 1.54) is 0 Å². The first kappa shape index (κ1) is 15.4. The summed E-state index contributed by atoms with van der Waals surface area (Å²) in [5, 5.41) is 19.1. The number of rotatable bonds is 3. The molecule has 0 radical (unpaired) electrons. The highest BCUT2D eigenvalue weighted by molar-refractivity contribution is 6.23. The van der Waals surface area contributed by atoms with E-state index in [0.717, 1.165) is 22.2 Å². The number of aliphatic hydroxyl groups is 1. The quantitative estimate of drug-likeness (QED) is 0.673. The Bertz CT molecular complexity index is 987. The molecule has 1 aliphatic rings. The summed E-state index contributed by atoms with van der Waals surface area (Å²) in [7, 11) is 0. The van der Waals surface area contributed by atoms with Crippen LogP contribution in [0.25, 0.3) is 16.6 Å². The van der Waals surface area contributed by atoms with E-state index in [1.54, 1.807) is 0 Å². The van der Waals surface area contributed by atoms with Crippen LogP contribution < -0.4 is 0 Å². The summed E-state index contributed by atoms with van der Waals surface area (Å²) < 4.78 is 0. The van der Waals surface area contributed by atoms with Gasteiger partial charge in [-0.1, -0.05) is 36.4 Å². The maximum Gasteiger partial charge on any atom is 0.145 e. The minimum Gasteiger partial charge on any atom is -0.510 e. The monoisotopic (exact) mass is 332 g/mol. The largest absolute Gasteiger partial charge is 0.510 e. The fourth-order valence-electron chi connectivity index (χ4n) is 3.33. The summed E-state index contributed by atoms with van der Waals surface area (Å²) in [6, 6.07) is 16.0. The molecule has 0 aliphatic carbocycles. The SMILES string of the molecule is Cc1ccc2nc(C3=C(O)CN([C@H](C)c4ccccc4)C3=N)[nH]c2c1. The van der Waals surface area contributed by atoms with Crippen LogP contribution in [0.2, 0.25) is 0 Å². The molecule has 3 N–H and O–H groups in total. The predicted molar refractivity (Wildman–Crippen MR) is 99.7 cm³/mol. The number of benzene rings is 2. The number of hydrogen-bond donors (Lipinski definition) is 3. The maximum atomic E-state index is 10.5. The number of amidine groups is 1. The first-order chi connectivity index (χ1) is 12.0. The third kappa shape index (κ3) is 2.58. The minimum absolute atomic E-state index is 0.0000252. The van der Waals surface area contributed by atoms with E-state index in [4.69, 9.17) is 5.41 Å². The Labute approximate surface area is 146 Å². The molecule has 1 atom stereocenters. The molecule has 0 unspecified atom stereocenters. The number of aromatic nitrogens is 2. The van der Waals surface area contributed by atoms with Crippen LogP contribution >= 0.6 is 0 Å². The molecule has 2 heterocycles. The molecule has 5 heteroatoms. The first-order valence-electron chi connectivity index (χ1n) is 8.34. The van der Waals surface area contributed by atoms with E-state index in [-0.39, 0.29) is 11.8 Å². The van der Waals surface area contributed by atoms with E-state index in [2.05, 4.69) is 9.97 Å². The van der Waals surface area contributed by atoms with Crippen molar-refractivity contribution in [2.24, 2.45) is 0 Å². The smallest absolute Gasteiger partial charge is 0.145 e. The first-order valence-corrected chi connectivity index (χ1v) is 8.34. The van der Waals surface area contributed by atoms with Crippen molar-refractivity contribution in [3.05, 3.63) is 71.2 Å². The lowest BCUT2D eigenvalue weighted by molar-refractivity contribution is 0.310. The third-order valence-electron chi connectivity index (χ3n) is 4.76. The van der Waals surface area contributed by atoms with Crippen molar-refractivity contribution >= 4 is 22.4 Å². The van der Waals surface area contributed by atoms with Crippen molar-refractivity contribution in [2.45, 2.75) is 19.9 Å². The number of nitrogens with zero attached hydrogens (tertiary/aromatic N) is 2. The Morgan fingerprint density at radius 2 is 1.96 bits per heavy atom. The van der Waals surface area contributed by atoms with E-state index < -0.39 is 0 Å². The van der Waals surface area contributed by atoms with Crippen molar-refractivity contribution in [1.29, 1.82) is 5.41 Å². The molecule has 0 saturated heterocycles. The van der Waals surface area contributed by atoms with Gasteiger partial charge in [-0.3, -0.25) is 5.41 Å². The number of H-pyrrole nitrogens is 1. The van der Waals surface area contributed by atoms with Gasteiger partial charge in [0.1, 0.15) is 17.4 Å². The molecule has 0 spiro atoms. The minimum atomic E-state index is -0.0000252. The van der Waals surface area contributed by atoms with Crippen LogP contribution in [0, 0.1) is 12.3 Å². The topological polar surface area (TPSA) is 76.0 Å². The second-order valence-electron chi connectivity index (χ2n) is 6.49. The summed E-state index contributed by atoms with van der Waals surface area (Å²) in [6.45, 7) is 4.39. The van der Waals surface area contributed by atoms with Gasteiger partial charge in [0.15, 0.2) is 0 Å². The highest BCUT2D eigenvalue weighted by Gasteiger charge is 2.33. The zero-order valence-electron chi connectivity index (χ0n) is 14.2. The van der Waals surface area contributed by atoms with Crippen molar-refractivity contribution in [3.63, 3.8) is 0 Å². The summed E-state index contributed by atoms with van der Waals surface area (Å²) in [4.78, 5) is 9.69. The van der Waals surface area contributed by atoms with Gasteiger partial charge in [-0.25, -0.2) is 4.98 Å². The van der Waals surface area contributed by atoms with Crippen LogP contribution in [-0.4, -0.2) is 32.4 Å². The summed E-state index contributed by atoms with van der Waals surface area (Å²) in [6.07, 6.45) is 0. The normalized spacial score (nSPS) is 16.1. The Morgan fingerprint density at radius 3 is 2.72 bits per heavy atom. The maximum absolute atomic E-state index is 10.5. The fraction of sp³-hybridized carbons (Fsp3) is 0.200. The molecule has 1 aromatic heterocycles. The van der Waals surface area contributed by atoms with Crippen molar-refractivity contribution in [2.75, 3.05) is 6.54 Å². The standard InChI is InChI=1S/C20H20N4O/c1-12-8-9-15-16(10-12)23-20(22-15)18-17(25)11-24(19(18)21)13(2)14-6-4-3-5-7-14/h3-10,13,21,25H,11H2,1-2H3,(H,22,23)/t13-/m1/s1. The number of aliphatic hydroxyl groups excluding tert-OH is 1. The molecule has 4 rings (SSSR count). The number of nitrogens with one attached hydrogen (secondary N) is 2. The van der Waals surface area contributed by atoms with Gasteiger partial charge >= 0.3 is 0 Å². The van der Waals surface area contributed by atoms with Crippen LogP contribution in [0.1, 0.15) is 29.9 Å². The molecule has 0 bridgehead atoms. The molecule has 3 aromatic rings. The molecular weight excluding hydrogens is 312 g/mol. The third-order valence-corrected chi connectivity index (χ3v) is 4.76. The summed E-state index contributed by atoms with van der Waals surface area (Å²) >= 11 is 0. The van der Waals surface area contributed by atoms with E-state index in [0.29, 0.717) is 23.8 Å². The summed E-state index contributed by atoms with van der Waals surface area (Å²) in [5.41, 5.74) is 4.49. The number of aryl methyl sites for hydroxylation is 1. The molecule has 0 amide bonds. The van der Waals surface area contributed by atoms with Crippen molar-refractivity contribution in [1.82, 2.24) is 14.9 Å². The zero-order valence-corrected chi connectivity index (χ0v) is 14.2. The van der Waals surface area contributed by atoms with Crippen LogP contribution in [0.3, 0.4) is 0 Å². The highest BCUT2D eigenvalue weighted by atomic mass is 16.3. The van der Waals surface area contributed by atoms with Gasteiger partial charge in [0.2, 0.25) is 0 Å². The second kappa shape index (κ2) is 5.77. The number of imidazole rings is 1. The van der Waals surface area contributed by atoms with Gasteiger partial charge in [0, 0.05) is 0 Å². The fourth-order valence-corrected chi connectivity index (χ4v) is 3.33. The molecular formula is C20H20N4O. The van der Waals surface area contributed by atoms with Gasteiger partial charge in [-0.05, 0) is 37.1 Å². The Morgan fingerprint density at radius 1 is 1.20 bits per heavy atom. The molecule has 2 aromatic carbocycles. The second-order valence-corrected chi connectivity index (χ2v) is 6.49. The predicted octanol–water partition coefficient (Wildman–Crippen LogP) is 4.19. The molecule has 0 fully saturated rings. The summed E-state index contributed by atoms with van der Waals surface area (Å²) in [5.74, 6) is 1.03. The van der Waals surface area contributed by atoms with Crippen LogP contribution in [-0.2, 0) is 0 Å². The number of fused-ring (bicyclic) bond motifs is 1. The zero-order chi connectivity index (χ0) is 17.6. The van der Waals surface area contributed by atoms with Gasteiger partial charge in [0.05, 0.1) is 29.2 Å². The van der Waals surface area contributed by atoms with Gasteiger partial charge in [-0.15, -0.1) is 0 Å². The molecule has 0 saturated carbocycles. The number of hydrogen-bond acceptors (Lipinski definition) is 3. The molecule has 5 nitrogen and oxygen atoms in total. The highest BCUT2D eigenvalue weighted by Crippen LogP contribution is 2.32. The van der Waals surface area contributed by atoms with E-state index in [1.807, 2.05) is 67.3 Å². The lowest BCUT2D eigenvalue weighted by Crippen LogP contribution is -2.29. The van der Waals surface area contributed by atoms with Crippen molar-refractivity contribution in [3.8, 4) is 0 Å². The molecule has 25 heavy (non-hydrogen) atoms. The van der Waals surface area contributed by atoms with Gasteiger partial charge in [-0.2, -0.15) is 0 Å². The average molecular weight is 332 g/mol. The van der Waals surface area contributed by atoms with Gasteiger partial charge in [0.25, 0.3) is 0 Å². The van der Waals surface area contributed by atoms with Gasteiger partial charge < -0.3 is 15.0 Å². The Hall–Kier alpha value is -3.08. The van der Waals surface area contributed by atoms with E-state index in [9.17, 15) is 5.11 Å². The molecule has 1 aliphatic heterocycles. The lowest BCUT2D eigenvalue weighted by atomic mass is 10.1. The average Bonchev–Trinajstić information content (AvgIpc) is 3.14. The Kier molecular flexibility index (Phi) is 3.57. The molecule has 126 valence electrons. The lowest BCUT2D eigenvalue weighted by Gasteiger charge is -2.26. The van der Waals surface area contributed by atoms with Crippen LogP contribution in [0.15, 0.2) is 54.3 Å². The van der Waals surface area contributed by atoms with Crippen molar-refractivity contribution < 1.29 is 5.11 Å². The van der Waals surface area contributed by atoms with Crippen LogP contribution in [0.4, 0.5) is 0 Å².